The van der Waals surface area contributed by atoms with Gasteiger partial charge in [0.05, 0.1) is 11.0 Å². The number of sulfone groups is 1. The Bertz CT molecular complexity index is 328. The van der Waals surface area contributed by atoms with Crippen molar-refractivity contribution in [1.29, 1.82) is 0 Å². The van der Waals surface area contributed by atoms with Gasteiger partial charge < -0.3 is 5.32 Å². The Morgan fingerprint density at radius 2 is 2.07 bits per heavy atom. The van der Waals surface area contributed by atoms with Crippen molar-refractivity contribution in [2.45, 2.75) is 31.1 Å². The molecule has 0 spiro atoms. The summed E-state index contributed by atoms with van der Waals surface area (Å²) in [5, 5.41) is 1.24. The van der Waals surface area contributed by atoms with Crippen LogP contribution in [0.25, 0.3) is 0 Å². The summed E-state index contributed by atoms with van der Waals surface area (Å²) in [5.41, 5.74) is 0. The minimum absolute atomic E-state index is 0.0532. The van der Waals surface area contributed by atoms with Gasteiger partial charge in [-0.05, 0) is 13.3 Å². The molecule has 1 fully saturated rings. The summed E-state index contributed by atoms with van der Waals surface area (Å²) in [5.74, 6) is -1.46. The van der Waals surface area contributed by atoms with Gasteiger partial charge >= 0.3 is 6.43 Å². The van der Waals surface area contributed by atoms with Crippen molar-refractivity contribution in [3.63, 3.8) is 0 Å². The molecule has 1 aliphatic heterocycles. The summed E-state index contributed by atoms with van der Waals surface area (Å²) in [6.07, 6.45) is -2.88. The Labute approximate surface area is 80.6 Å². The first-order valence-electron chi connectivity index (χ1n) is 4.14. The fourth-order valence-corrected chi connectivity index (χ4v) is 3.06. The third-order valence-electron chi connectivity index (χ3n) is 2.37. The first-order chi connectivity index (χ1) is 6.34. The number of hydrogen-bond acceptors (Lipinski definition) is 3. The first-order valence-corrected chi connectivity index (χ1v) is 5.86. The highest BCUT2D eigenvalue weighted by Crippen LogP contribution is 2.20. The van der Waals surface area contributed by atoms with Crippen LogP contribution in [0.2, 0.25) is 0 Å². The van der Waals surface area contributed by atoms with Crippen molar-refractivity contribution in [3.05, 3.63) is 0 Å². The second-order valence-corrected chi connectivity index (χ2v) is 5.75. The van der Waals surface area contributed by atoms with Crippen LogP contribution in [0.3, 0.4) is 0 Å². The summed E-state index contributed by atoms with van der Waals surface area (Å²) in [4.78, 5) is 10.6. The third-order valence-corrected chi connectivity index (χ3v) is 4.64. The van der Waals surface area contributed by atoms with Crippen molar-refractivity contribution in [1.82, 2.24) is 5.32 Å². The van der Waals surface area contributed by atoms with Gasteiger partial charge in [-0.1, -0.05) is 0 Å². The van der Waals surface area contributed by atoms with Crippen LogP contribution in [0.15, 0.2) is 0 Å². The number of rotatable bonds is 2. The quantitative estimate of drug-likeness (QED) is 0.719. The molecular weight excluding hydrogens is 216 g/mol. The third kappa shape index (κ3) is 2.20. The fraction of sp³-hybridized carbons (Fsp3) is 0.857. The Balaban J connectivity index is 2.62. The van der Waals surface area contributed by atoms with E-state index in [4.69, 9.17) is 0 Å². The predicted molar refractivity (Wildman–Crippen MR) is 45.8 cm³/mol. The van der Waals surface area contributed by atoms with Crippen molar-refractivity contribution in [3.8, 4) is 0 Å². The van der Waals surface area contributed by atoms with Crippen molar-refractivity contribution in [2.75, 3.05) is 5.75 Å². The largest absolute Gasteiger partial charge is 0.347 e. The molecule has 0 saturated carbocycles. The van der Waals surface area contributed by atoms with Gasteiger partial charge in [0.15, 0.2) is 9.84 Å². The van der Waals surface area contributed by atoms with Crippen LogP contribution in [-0.2, 0) is 14.6 Å². The molecule has 14 heavy (non-hydrogen) atoms. The number of alkyl halides is 2. The molecule has 0 bridgehead atoms. The molecule has 7 heteroatoms. The lowest BCUT2D eigenvalue weighted by molar-refractivity contribution is -0.132. The van der Waals surface area contributed by atoms with Crippen LogP contribution in [0, 0.1) is 0 Å². The van der Waals surface area contributed by atoms with Gasteiger partial charge in [0, 0.05) is 6.04 Å². The lowest BCUT2D eigenvalue weighted by Crippen LogP contribution is -2.43. The molecule has 1 heterocycles. The van der Waals surface area contributed by atoms with Crippen LogP contribution in [0.5, 0.6) is 0 Å². The highest BCUT2D eigenvalue weighted by Gasteiger charge is 2.38. The lowest BCUT2D eigenvalue weighted by Gasteiger charge is -2.15. The van der Waals surface area contributed by atoms with E-state index in [1.807, 2.05) is 5.32 Å². The molecule has 82 valence electrons. The van der Waals surface area contributed by atoms with E-state index in [2.05, 4.69) is 0 Å². The SMILES string of the molecule is CC1C(NC(=O)C(F)F)CCS1(=O)=O. The van der Waals surface area contributed by atoms with Gasteiger partial charge in [0.25, 0.3) is 5.91 Å². The first kappa shape index (κ1) is 11.4. The van der Waals surface area contributed by atoms with E-state index >= 15 is 0 Å². The Morgan fingerprint density at radius 3 is 2.43 bits per heavy atom. The van der Waals surface area contributed by atoms with Crippen LogP contribution in [0.1, 0.15) is 13.3 Å². The van der Waals surface area contributed by atoms with Gasteiger partial charge in [-0.15, -0.1) is 0 Å². The molecule has 4 nitrogen and oxygen atoms in total. The molecule has 1 amide bonds. The van der Waals surface area contributed by atoms with Gasteiger partial charge in [-0.25, -0.2) is 8.42 Å². The van der Waals surface area contributed by atoms with E-state index in [1.165, 1.54) is 6.92 Å². The predicted octanol–water partition coefficient (Wildman–Crippen LogP) is -0.0567. The Hall–Kier alpha value is -0.720. The molecule has 1 rings (SSSR count). The zero-order valence-corrected chi connectivity index (χ0v) is 8.35. The Kier molecular flexibility index (Phi) is 3.08. The zero-order chi connectivity index (χ0) is 10.9. The van der Waals surface area contributed by atoms with E-state index in [-0.39, 0.29) is 12.2 Å². The normalized spacial score (nSPS) is 30.6. The highest BCUT2D eigenvalue weighted by molar-refractivity contribution is 7.92. The number of carbonyl (C=O) groups is 1. The zero-order valence-electron chi connectivity index (χ0n) is 7.54. The number of carbonyl (C=O) groups excluding carboxylic acids is 1. The summed E-state index contributed by atoms with van der Waals surface area (Å²) >= 11 is 0. The van der Waals surface area contributed by atoms with Crippen LogP contribution >= 0.6 is 0 Å². The van der Waals surface area contributed by atoms with Crippen LogP contribution in [-0.4, -0.2) is 37.8 Å². The molecule has 0 aliphatic carbocycles. The second-order valence-electron chi connectivity index (χ2n) is 3.28. The van der Waals surface area contributed by atoms with Gasteiger partial charge in [0.2, 0.25) is 0 Å². The van der Waals surface area contributed by atoms with E-state index in [0.717, 1.165) is 0 Å². The lowest BCUT2D eigenvalue weighted by atomic mass is 10.2. The standard InChI is InChI=1S/C7H11F2NO3S/c1-4-5(2-3-14(4,12)13)10-7(11)6(8)9/h4-6H,2-3H2,1H3,(H,10,11). The molecular formula is C7H11F2NO3S. The number of nitrogens with one attached hydrogen (secondary N) is 1. The van der Waals surface area contributed by atoms with Gasteiger partial charge in [0.1, 0.15) is 0 Å². The molecule has 2 atom stereocenters. The van der Waals surface area contributed by atoms with Crippen molar-refractivity contribution < 1.29 is 22.0 Å². The maximum Gasteiger partial charge on any atom is 0.315 e. The van der Waals surface area contributed by atoms with Crippen LogP contribution in [0.4, 0.5) is 8.78 Å². The average Bonchev–Trinajstić information content (AvgIpc) is 2.32. The summed E-state index contributed by atoms with van der Waals surface area (Å²) < 4.78 is 46.0. The minimum atomic E-state index is -3.21. The summed E-state index contributed by atoms with van der Waals surface area (Å²) in [6, 6.07) is -0.679. The van der Waals surface area contributed by atoms with E-state index in [1.54, 1.807) is 0 Å². The maximum absolute atomic E-state index is 11.8. The summed E-state index contributed by atoms with van der Waals surface area (Å²) in [7, 11) is -3.21. The molecule has 0 aromatic heterocycles. The average molecular weight is 227 g/mol. The van der Waals surface area contributed by atoms with E-state index < -0.39 is 33.5 Å². The molecule has 1 aliphatic rings. The second kappa shape index (κ2) is 3.80. The molecule has 0 aromatic rings. The van der Waals surface area contributed by atoms with Crippen molar-refractivity contribution >= 4 is 15.7 Å². The highest BCUT2D eigenvalue weighted by atomic mass is 32.2. The molecule has 2 unspecified atom stereocenters. The van der Waals surface area contributed by atoms with Gasteiger partial charge in [-0.3, -0.25) is 4.79 Å². The monoisotopic (exact) mass is 227 g/mol. The maximum atomic E-state index is 11.8. The number of hydrogen-bond donors (Lipinski definition) is 1. The van der Waals surface area contributed by atoms with E-state index in [9.17, 15) is 22.0 Å². The van der Waals surface area contributed by atoms with E-state index in [0.29, 0.717) is 0 Å². The van der Waals surface area contributed by atoms with Crippen LogP contribution < -0.4 is 5.32 Å². The minimum Gasteiger partial charge on any atom is -0.347 e. The topological polar surface area (TPSA) is 63.2 Å². The van der Waals surface area contributed by atoms with Crippen molar-refractivity contribution in [2.24, 2.45) is 0 Å². The molecule has 1 saturated heterocycles. The smallest absolute Gasteiger partial charge is 0.315 e. The molecule has 0 aromatic carbocycles. The fourth-order valence-electron chi connectivity index (χ4n) is 1.40. The molecule has 1 N–H and O–H groups in total. The number of halogens is 2. The van der Waals surface area contributed by atoms with Gasteiger partial charge in [-0.2, -0.15) is 8.78 Å². The summed E-state index contributed by atoms with van der Waals surface area (Å²) in [6.45, 7) is 1.42. The number of amides is 1. The Morgan fingerprint density at radius 1 is 1.50 bits per heavy atom. The molecule has 0 radical (unpaired) electrons.